The molecule has 0 aliphatic rings. The highest BCUT2D eigenvalue weighted by Crippen LogP contribution is 2.28. The quantitative estimate of drug-likeness (QED) is 0.691. The lowest BCUT2D eigenvalue weighted by molar-refractivity contribution is 0.102. The molecule has 1 aromatic heterocycles. The highest BCUT2D eigenvalue weighted by Gasteiger charge is 2.14. The smallest absolute Gasteiger partial charge is 0.257 e. The molecule has 21 heavy (non-hydrogen) atoms. The molecule has 0 aliphatic carbocycles. The molecule has 1 amide bonds. The maximum absolute atomic E-state index is 12.5. The van der Waals surface area contributed by atoms with Gasteiger partial charge >= 0.3 is 0 Å². The van der Waals surface area contributed by atoms with E-state index >= 15 is 0 Å². The van der Waals surface area contributed by atoms with Gasteiger partial charge in [0.25, 0.3) is 5.91 Å². The van der Waals surface area contributed by atoms with Crippen LogP contribution in [0.4, 0.5) is 11.4 Å². The lowest BCUT2D eigenvalue weighted by Gasteiger charge is -2.12. The maximum atomic E-state index is 12.5. The molecule has 2 aromatic carbocycles. The van der Waals surface area contributed by atoms with Gasteiger partial charge in [-0.3, -0.25) is 4.79 Å². The molecule has 3 rings (SSSR count). The molecule has 3 nitrogen and oxygen atoms in total. The Morgan fingerprint density at radius 3 is 2.52 bits per heavy atom. The van der Waals surface area contributed by atoms with Crippen LogP contribution in [0.5, 0.6) is 0 Å². The molecule has 0 fully saturated rings. The molecule has 0 saturated heterocycles. The lowest BCUT2D eigenvalue weighted by atomic mass is 10.1. The Kier molecular flexibility index (Phi) is 3.39. The molecule has 106 valence electrons. The average Bonchev–Trinajstić information content (AvgIpc) is 2.86. The zero-order valence-corrected chi connectivity index (χ0v) is 12.8. The summed E-state index contributed by atoms with van der Waals surface area (Å²) < 4.78 is 1.12. The SMILES string of the molecule is Cc1cc(N)cc(C)c1NC(=O)c1csc2ccccc12. The molecule has 0 unspecified atom stereocenters. The van der Waals surface area contributed by atoms with Crippen LogP contribution in [-0.2, 0) is 0 Å². The Morgan fingerprint density at radius 1 is 1.14 bits per heavy atom. The second-order valence-electron chi connectivity index (χ2n) is 5.13. The van der Waals surface area contributed by atoms with Crippen molar-refractivity contribution in [1.82, 2.24) is 0 Å². The topological polar surface area (TPSA) is 55.1 Å². The van der Waals surface area contributed by atoms with Gasteiger partial charge < -0.3 is 11.1 Å². The van der Waals surface area contributed by atoms with Gasteiger partial charge in [0.15, 0.2) is 0 Å². The fourth-order valence-corrected chi connectivity index (χ4v) is 3.47. The lowest BCUT2D eigenvalue weighted by Crippen LogP contribution is -2.13. The van der Waals surface area contributed by atoms with E-state index in [0.717, 1.165) is 26.9 Å². The number of fused-ring (bicyclic) bond motifs is 1. The number of nitrogens with one attached hydrogen (secondary N) is 1. The Morgan fingerprint density at radius 2 is 1.81 bits per heavy atom. The zero-order chi connectivity index (χ0) is 15.0. The van der Waals surface area contributed by atoms with Crippen LogP contribution in [0.25, 0.3) is 10.1 Å². The summed E-state index contributed by atoms with van der Waals surface area (Å²) in [6.45, 7) is 3.90. The molecule has 0 bridgehead atoms. The van der Waals surface area contributed by atoms with Gasteiger partial charge in [0, 0.05) is 26.8 Å². The summed E-state index contributed by atoms with van der Waals surface area (Å²) in [6, 6.07) is 11.7. The molecule has 0 radical (unpaired) electrons. The van der Waals surface area contributed by atoms with Gasteiger partial charge in [0.2, 0.25) is 0 Å². The number of thiophene rings is 1. The van der Waals surface area contributed by atoms with Gasteiger partial charge in [0.1, 0.15) is 0 Å². The van der Waals surface area contributed by atoms with Crippen LogP contribution in [0.3, 0.4) is 0 Å². The summed E-state index contributed by atoms with van der Waals surface area (Å²) in [5.41, 5.74) is 10.0. The van der Waals surface area contributed by atoms with Crippen molar-refractivity contribution in [3.05, 3.63) is 58.5 Å². The van der Waals surface area contributed by atoms with Crippen molar-refractivity contribution < 1.29 is 4.79 Å². The monoisotopic (exact) mass is 296 g/mol. The molecule has 0 spiro atoms. The van der Waals surface area contributed by atoms with E-state index in [9.17, 15) is 4.79 Å². The maximum Gasteiger partial charge on any atom is 0.257 e. The van der Waals surface area contributed by atoms with Crippen LogP contribution in [0.1, 0.15) is 21.5 Å². The normalized spacial score (nSPS) is 10.8. The molecule has 4 heteroatoms. The summed E-state index contributed by atoms with van der Waals surface area (Å²) in [6.07, 6.45) is 0. The number of benzene rings is 2. The van der Waals surface area contributed by atoms with Gasteiger partial charge in [-0.1, -0.05) is 18.2 Å². The predicted molar refractivity (Wildman–Crippen MR) is 90.1 cm³/mol. The average molecular weight is 296 g/mol. The van der Waals surface area contributed by atoms with Crippen molar-refractivity contribution in [1.29, 1.82) is 0 Å². The largest absolute Gasteiger partial charge is 0.399 e. The van der Waals surface area contributed by atoms with Crippen molar-refractivity contribution in [2.24, 2.45) is 0 Å². The van der Waals surface area contributed by atoms with Gasteiger partial charge in [0.05, 0.1) is 5.56 Å². The minimum Gasteiger partial charge on any atom is -0.399 e. The first-order valence-electron chi connectivity index (χ1n) is 6.70. The van der Waals surface area contributed by atoms with E-state index in [-0.39, 0.29) is 5.91 Å². The first-order chi connectivity index (χ1) is 10.1. The third-order valence-corrected chi connectivity index (χ3v) is 4.48. The van der Waals surface area contributed by atoms with Crippen molar-refractivity contribution in [2.45, 2.75) is 13.8 Å². The number of nitrogen functional groups attached to an aromatic ring is 1. The predicted octanol–water partition coefficient (Wildman–Crippen LogP) is 4.35. The highest BCUT2D eigenvalue weighted by molar-refractivity contribution is 7.17. The standard InChI is InChI=1S/C17H16N2OS/c1-10-7-12(18)8-11(2)16(10)19-17(20)14-9-21-15-6-4-3-5-13(14)15/h3-9H,18H2,1-2H3,(H,19,20). The number of amides is 1. The summed E-state index contributed by atoms with van der Waals surface area (Å²) >= 11 is 1.58. The second kappa shape index (κ2) is 5.22. The highest BCUT2D eigenvalue weighted by atomic mass is 32.1. The van der Waals surface area contributed by atoms with Crippen LogP contribution >= 0.6 is 11.3 Å². The molecule has 1 heterocycles. The van der Waals surface area contributed by atoms with E-state index in [1.165, 1.54) is 0 Å². The Hall–Kier alpha value is -2.33. The van der Waals surface area contributed by atoms with Gasteiger partial charge in [-0.2, -0.15) is 0 Å². The first-order valence-corrected chi connectivity index (χ1v) is 7.58. The fourth-order valence-electron chi connectivity index (χ4n) is 2.53. The second-order valence-corrected chi connectivity index (χ2v) is 6.04. The van der Waals surface area contributed by atoms with Gasteiger partial charge in [-0.25, -0.2) is 0 Å². The van der Waals surface area contributed by atoms with E-state index < -0.39 is 0 Å². The summed E-state index contributed by atoms with van der Waals surface area (Å²) in [5, 5.41) is 5.91. The summed E-state index contributed by atoms with van der Waals surface area (Å²) in [4.78, 5) is 12.5. The number of anilines is 2. The van der Waals surface area contributed by atoms with Crippen molar-refractivity contribution >= 4 is 38.7 Å². The van der Waals surface area contributed by atoms with Gasteiger partial charge in [-0.15, -0.1) is 11.3 Å². The Balaban J connectivity index is 1.97. The number of hydrogen-bond donors (Lipinski definition) is 2. The molecular formula is C17H16N2OS. The zero-order valence-electron chi connectivity index (χ0n) is 11.9. The Bertz CT molecular complexity index is 813. The summed E-state index contributed by atoms with van der Waals surface area (Å²) in [7, 11) is 0. The molecule has 3 aromatic rings. The molecule has 0 atom stereocenters. The van der Waals surface area contributed by atoms with E-state index in [0.29, 0.717) is 11.3 Å². The van der Waals surface area contributed by atoms with Crippen LogP contribution in [0.2, 0.25) is 0 Å². The number of hydrogen-bond acceptors (Lipinski definition) is 3. The van der Waals surface area contributed by atoms with E-state index in [2.05, 4.69) is 5.32 Å². The number of carbonyl (C=O) groups is 1. The van der Waals surface area contributed by atoms with E-state index in [1.807, 2.05) is 55.6 Å². The van der Waals surface area contributed by atoms with Crippen molar-refractivity contribution in [2.75, 3.05) is 11.1 Å². The van der Waals surface area contributed by atoms with Gasteiger partial charge in [-0.05, 0) is 43.2 Å². The molecule has 0 aliphatic heterocycles. The third kappa shape index (κ3) is 2.50. The first kappa shape index (κ1) is 13.6. The van der Waals surface area contributed by atoms with Crippen LogP contribution in [0, 0.1) is 13.8 Å². The van der Waals surface area contributed by atoms with Crippen molar-refractivity contribution in [3.63, 3.8) is 0 Å². The minimum absolute atomic E-state index is 0.0802. The van der Waals surface area contributed by atoms with Crippen LogP contribution in [-0.4, -0.2) is 5.91 Å². The van der Waals surface area contributed by atoms with Crippen LogP contribution in [0.15, 0.2) is 41.8 Å². The fraction of sp³-hybridized carbons (Fsp3) is 0.118. The number of carbonyl (C=O) groups excluding carboxylic acids is 1. The number of rotatable bonds is 2. The van der Waals surface area contributed by atoms with E-state index in [4.69, 9.17) is 5.73 Å². The molecule has 0 saturated carbocycles. The summed E-state index contributed by atoms with van der Waals surface area (Å²) in [5.74, 6) is -0.0802. The van der Waals surface area contributed by atoms with E-state index in [1.54, 1.807) is 11.3 Å². The number of nitrogens with two attached hydrogens (primary N) is 1. The Labute approximate surface area is 127 Å². The van der Waals surface area contributed by atoms with Crippen LogP contribution < -0.4 is 11.1 Å². The van der Waals surface area contributed by atoms with Crippen molar-refractivity contribution in [3.8, 4) is 0 Å². The third-order valence-electron chi connectivity index (χ3n) is 3.52. The number of aryl methyl sites for hydroxylation is 2. The molecule has 3 N–H and O–H groups in total. The minimum atomic E-state index is -0.0802. The molecular weight excluding hydrogens is 280 g/mol.